The summed E-state index contributed by atoms with van der Waals surface area (Å²) in [5, 5.41) is 0. The number of esters is 1. The van der Waals surface area contributed by atoms with E-state index in [1.165, 1.54) is 6.07 Å². The van der Waals surface area contributed by atoms with Gasteiger partial charge in [-0.2, -0.15) is 0 Å². The molecule has 8 heteroatoms. The Kier molecular flexibility index (Phi) is 5.52. The van der Waals surface area contributed by atoms with Crippen LogP contribution in [0.25, 0.3) is 0 Å². The zero-order chi connectivity index (χ0) is 15.5. The fourth-order valence-corrected chi connectivity index (χ4v) is 3.02. The Morgan fingerprint density at radius 3 is 2.50 bits per heavy atom. The highest BCUT2D eigenvalue weighted by Crippen LogP contribution is 2.28. The van der Waals surface area contributed by atoms with Gasteiger partial charge in [-0.05, 0) is 48.0 Å². The molecule has 0 spiro atoms. The van der Waals surface area contributed by atoms with Crippen LogP contribution in [0.4, 0.5) is 10.1 Å². The Morgan fingerprint density at radius 2 is 2.05 bits per heavy atom. The monoisotopic (exact) mass is 367 g/mol. The van der Waals surface area contributed by atoms with Crippen LogP contribution < -0.4 is 4.31 Å². The van der Waals surface area contributed by atoms with Crippen molar-refractivity contribution < 1.29 is 22.3 Å². The lowest BCUT2D eigenvalue weighted by molar-refractivity contribution is -0.145. The molecule has 0 radical (unpaired) electrons. The maximum Gasteiger partial charge on any atom is 0.327 e. The van der Waals surface area contributed by atoms with Crippen LogP contribution in [0.1, 0.15) is 13.8 Å². The molecule has 0 amide bonds. The second-order valence-electron chi connectivity index (χ2n) is 4.40. The molecule has 0 aliphatic rings. The van der Waals surface area contributed by atoms with E-state index in [4.69, 9.17) is 4.74 Å². The summed E-state index contributed by atoms with van der Waals surface area (Å²) >= 11 is 3.08. The van der Waals surface area contributed by atoms with E-state index in [1.54, 1.807) is 13.8 Å². The minimum absolute atomic E-state index is 0.176. The van der Waals surface area contributed by atoms with Crippen LogP contribution in [0.2, 0.25) is 0 Å². The first kappa shape index (κ1) is 16.9. The number of hydrogen-bond acceptors (Lipinski definition) is 4. The number of rotatable bonds is 5. The van der Waals surface area contributed by atoms with E-state index in [2.05, 4.69) is 15.9 Å². The largest absolute Gasteiger partial charge is 0.462 e. The quantitative estimate of drug-likeness (QED) is 0.749. The minimum Gasteiger partial charge on any atom is -0.462 e. The number of sulfonamides is 1. The maximum absolute atomic E-state index is 13.1. The third kappa shape index (κ3) is 4.75. The van der Waals surface area contributed by atoms with Gasteiger partial charge in [-0.15, -0.1) is 0 Å². The molecule has 0 unspecified atom stereocenters. The van der Waals surface area contributed by atoms with Crippen molar-refractivity contribution in [2.75, 3.05) is 17.1 Å². The van der Waals surface area contributed by atoms with E-state index in [0.29, 0.717) is 0 Å². The van der Waals surface area contributed by atoms with Crippen molar-refractivity contribution in [1.82, 2.24) is 0 Å². The first-order chi connectivity index (χ1) is 9.11. The molecule has 5 nitrogen and oxygen atoms in total. The predicted octanol–water partition coefficient (Wildman–Crippen LogP) is 2.31. The second-order valence-corrected chi connectivity index (χ2v) is 7.17. The number of anilines is 1. The highest BCUT2D eigenvalue weighted by molar-refractivity contribution is 9.10. The van der Waals surface area contributed by atoms with E-state index in [0.717, 1.165) is 22.7 Å². The summed E-state index contributed by atoms with van der Waals surface area (Å²) in [6.45, 7) is 2.86. The van der Waals surface area contributed by atoms with Gasteiger partial charge in [0.2, 0.25) is 10.0 Å². The smallest absolute Gasteiger partial charge is 0.327 e. The van der Waals surface area contributed by atoms with Gasteiger partial charge in [-0.3, -0.25) is 9.10 Å². The fraction of sp³-hybridized carbons (Fsp3) is 0.417. The lowest BCUT2D eigenvalue weighted by Crippen LogP contribution is -2.36. The highest BCUT2D eigenvalue weighted by atomic mass is 79.9. The number of benzene rings is 1. The van der Waals surface area contributed by atoms with Crippen LogP contribution in [0.3, 0.4) is 0 Å². The fourth-order valence-electron chi connectivity index (χ4n) is 1.48. The maximum atomic E-state index is 13.1. The Hall–Kier alpha value is -1.15. The molecule has 0 heterocycles. The zero-order valence-corrected chi connectivity index (χ0v) is 13.7. The Labute approximate surface area is 125 Å². The Balaban J connectivity index is 3.11. The van der Waals surface area contributed by atoms with Crippen molar-refractivity contribution in [2.24, 2.45) is 0 Å². The highest BCUT2D eigenvalue weighted by Gasteiger charge is 2.24. The molecular weight excluding hydrogens is 353 g/mol. The molecule has 0 saturated heterocycles. The molecule has 1 aromatic carbocycles. The molecule has 0 saturated carbocycles. The van der Waals surface area contributed by atoms with Crippen molar-refractivity contribution >= 4 is 37.6 Å². The van der Waals surface area contributed by atoms with E-state index in [9.17, 15) is 17.6 Å². The Morgan fingerprint density at radius 1 is 1.45 bits per heavy atom. The van der Waals surface area contributed by atoms with Crippen LogP contribution in [-0.4, -0.2) is 33.3 Å². The Bertz CT molecular complexity index is 603. The standard InChI is InChI=1S/C12H15BrFNO4S/c1-8(2)19-12(16)7-15(20(3,17)18)11-5-4-9(14)6-10(11)13/h4-6,8H,7H2,1-3H3. The summed E-state index contributed by atoms with van der Waals surface area (Å²) in [6, 6.07) is 3.52. The number of halogens is 2. The summed E-state index contributed by atoms with van der Waals surface area (Å²) in [5.74, 6) is -1.19. The third-order valence-corrected chi connectivity index (χ3v) is 3.98. The lowest BCUT2D eigenvalue weighted by Gasteiger charge is -2.23. The van der Waals surface area contributed by atoms with Crippen molar-refractivity contribution in [3.8, 4) is 0 Å². The zero-order valence-electron chi connectivity index (χ0n) is 11.3. The molecule has 0 atom stereocenters. The van der Waals surface area contributed by atoms with Gasteiger partial charge in [0.25, 0.3) is 0 Å². The number of carbonyl (C=O) groups excluding carboxylic acids is 1. The summed E-state index contributed by atoms with van der Waals surface area (Å²) in [5.41, 5.74) is 0.176. The third-order valence-electron chi connectivity index (χ3n) is 2.22. The number of hydrogen-bond donors (Lipinski definition) is 0. The topological polar surface area (TPSA) is 63.7 Å². The van der Waals surface area contributed by atoms with Crippen molar-refractivity contribution in [2.45, 2.75) is 20.0 Å². The second kappa shape index (κ2) is 6.53. The van der Waals surface area contributed by atoms with Crippen LogP contribution in [0.5, 0.6) is 0 Å². The molecule has 0 N–H and O–H groups in total. The average molecular weight is 368 g/mol. The van der Waals surface area contributed by atoms with Gasteiger partial charge in [-0.25, -0.2) is 12.8 Å². The van der Waals surface area contributed by atoms with E-state index < -0.39 is 28.4 Å². The molecule has 0 aliphatic carbocycles. The molecule has 0 bridgehead atoms. The van der Waals surface area contributed by atoms with Crippen molar-refractivity contribution in [3.05, 3.63) is 28.5 Å². The van der Waals surface area contributed by atoms with Crippen molar-refractivity contribution in [3.63, 3.8) is 0 Å². The molecule has 20 heavy (non-hydrogen) atoms. The lowest BCUT2D eigenvalue weighted by atomic mass is 10.3. The number of carbonyl (C=O) groups is 1. The van der Waals surface area contributed by atoms with Gasteiger partial charge in [0.15, 0.2) is 0 Å². The van der Waals surface area contributed by atoms with Gasteiger partial charge in [0, 0.05) is 4.47 Å². The molecular formula is C12H15BrFNO4S. The number of nitrogens with zero attached hydrogens (tertiary/aromatic N) is 1. The minimum atomic E-state index is -3.70. The number of ether oxygens (including phenoxy) is 1. The van der Waals surface area contributed by atoms with E-state index in [1.807, 2.05) is 0 Å². The normalized spacial score (nSPS) is 11.5. The average Bonchev–Trinajstić information content (AvgIpc) is 2.24. The van der Waals surface area contributed by atoms with Crippen LogP contribution in [0.15, 0.2) is 22.7 Å². The SMILES string of the molecule is CC(C)OC(=O)CN(c1ccc(F)cc1Br)S(C)(=O)=O. The summed E-state index contributed by atoms with van der Waals surface area (Å²) in [7, 11) is -3.70. The van der Waals surface area contributed by atoms with Crippen LogP contribution in [0, 0.1) is 5.82 Å². The van der Waals surface area contributed by atoms with E-state index >= 15 is 0 Å². The molecule has 0 aromatic heterocycles. The summed E-state index contributed by atoms with van der Waals surface area (Å²) in [4.78, 5) is 11.6. The molecule has 1 aromatic rings. The van der Waals surface area contributed by atoms with Gasteiger partial charge in [0.1, 0.15) is 12.4 Å². The molecule has 0 fully saturated rings. The van der Waals surface area contributed by atoms with Crippen LogP contribution in [-0.2, 0) is 19.6 Å². The first-order valence-corrected chi connectivity index (χ1v) is 8.37. The van der Waals surface area contributed by atoms with Gasteiger partial charge in [0.05, 0.1) is 18.0 Å². The summed E-state index contributed by atoms with van der Waals surface area (Å²) in [6.07, 6.45) is 0.617. The van der Waals surface area contributed by atoms with Crippen molar-refractivity contribution in [1.29, 1.82) is 0 Å². The van der Waals surface area contributed by atoms with Crippen LogP contribution >= 0.6 is 15.9 Å². The van der Waals surface area contributed by atoms with E-state index in [-0.39, 0.29) is 16.3 Å². The first-order valence-electron chi connectivity index (χ1n) is 5.73. The molecule has 0 aliphatic heterocycles. The van der Waals surface area contributed by atoms with Gasteiger partial charge < -0.3 is 4.74 Å². The molecule has 112 valence electrons. The summed E-state index contributed by atoms with van der Waals surface area (Å²) < 4.78 is 42.7. The van der Waals surface area contributed by atoms with Gasteiger partial charge in [-0.1, -0.05) is 0 Å². The van der Waals surface area contributed by atoms with Gasteiger partial charge >= 0.3 is 5.97 Å². The molecule has 1 rings (SSSR count). The predicted molar refractivity (Wildman–Crippen MR) is 77.5 cm³/mol.